The third-order valence-corrected chi connectivity index (χ3v) is 6.60. The van der Waals surface area contributed by atoms with E-state index < -0.39 is 0 Å². The zero-order valence-electron chi connectivity index (χ0n) is 16.8. The maximum atomic E-state index is 12.8. The predicted octanol–water partition coefficient (Wildman–Crippen LogP) is 4.66. The summed E-state index contributed by atoms with van der Waals surface area (Å²) in [7, 11) is 0. The summed E-state index contributed by atoms with van der Waals surface area (Å²) in [5, 5.41) is 0. The van der Waals surface area contributed by atoms with Crippen LogP contribution in [0.2, 0.25) is 0 Å². The highest BCUT2D eigenvalue weighted by atomic mass is 35.5. The maximum Gasteiger partial charge on any atom is 0.254 e. The van der Waals surface area contributed by atoms with Crippen LogP contribution in [0.5, 0.6) is 5.75 Å². The van der Waals surface area contributed by atoms with Crippen LogP contribution in [-0.2, 0) is 13.1 Å². The van der Waals surface area contributed by atoms with Gasteiger partial charge in [-0.15, -0.1) is 12.4 Å². The Morgan fingerprint density at radius 3 is 2.03 bits per heavy atom. The number of hydrogen-bond donors (Lipinski definition) is 0. The lowest BCUT2D eigenvalue weighted by molar-refractivity contribution is 0.0493. The second-order valence-corrected chi connectivity index (χ2v) is 8.39. The number of fused-ring (bicyclic) bond motifs is 1. The third-order valence-electron chi connectivity index (χ3n) is 6.60. The zero-order chi connectivity index (χ0) is 18.9. The Morgan fingerprint density at radius 2 is 1.48 bits per heavy atom. The van der Waals surface area contributed by atoms with Gasteiger partial charge in [0.05, 0.1) is 0 Å². The molecule has 2 heterocycles. The minimum absolute atomic E-state index is 0. The highest BCUT2D eigenvalue weighted by Gasteiger charge is 2.29. The number of likely N-dealkylation sites (tertiary alicyclic amines) is 1. The van der Waals surface area contributed by atoms with Gasteiger partial charge in [-0.25, -0.2) is 0 Å². The molecule has 2 aliphatic heterocycles. The van der Waals surface area contributed by atoms with Crippen LogP contribution in [0.1, 0.15) is 53.6 Å². The van der Waals surface area contributed by atoms with Gasteiger partial charge in [0.2, 0.25) is 0 Å². The molecule has 0 N–H and O–H groups in total. The number of carbonyl (C=O) groups excluding carboxylic acids is 1. The molecule has 154 valence electrons. The molecule has 2 aromatic rings. The van der Waals surface area contributed by atoms with E-state index in [1.54, 1.807) is 0 Å². The summed E-state index contributed by atoms with van der Waals surface area (Å²) in [5.74, 6) is 0.972. The summed E-state index contributed by atoms with van der Waals surface area (Å²) in [6, 6.07) is 16.8. The minimum atomic E-state index is 0. The maximum absolute atomic E-state index is 12.8. The quantitative estimate of drug-likeness (QED) is 0.732. The van der Waals surface area contributed by atoms with Crippen LogP contribution in [0.15, 0.2) is 48.5 Å². The van der Waals surface area contributed by atoms with Crippen molar-refractivity contribution in [3.63, 3.8) is 0 Å². The van der Waals surface area contributed by atoms with Crippen molar-refractivity contribution in [2.24, 2.45) is 0 Å². The van der Waals surface area contributed by atoms with Crippen LogP contribution in [0.4, 0.5) is 0 Å². The van der Waals surface area contributed by atoms with Gasteiger partial charge in [-0.1, -0.05) is 30.7 Å². The normalized spacial score (nSPS) is 19.9. The number of piperidine rings is 1. The van der Waals surface area contributed by atoms with Crippen LogP contribution in [0, 0.1) is 0 Å². The Kier molecular flexibility index (Phi) is 6.12. The van der Waals surface area contributed by atoms with Crippen molar-refractivity contribution in [1.29, 1.82) is 0 Å². The Balaban J connectivity index is 0.00000205. The molecular formula is C24H29ClN2O2. The van der Waals surface area contributed by atoms with E-state index in [1.165, 1.54) is 30.4 Å². The van der Waals surface area contributed by atoms with Gasteiger partial charge in [0.25, 0.3) is 5.91 Å². The first-order valence-electron chi connectivity index (χ1n) is 10.6. The van der Waals surface area contributed by atoms with E-state index in [0.29, 0.717) is 19.2 Å². The molecule has 1 amide bonds. The molecule has 2 aromatic carbocycles. The van der Waals surface area contributed by atoms with Crippen molar-refractivity contribution < 1.29 is 9.53 Å². The molecule has 5 heteroatoms. The minimum Gasteiger partial charge on any atom is -0.490 e. The third kappa shape index (κ3) is 4.29. The number of hydrogen-bond acceptors (Lipinski definition) is 3. The van der Waals surface area contributed by atoms with E-state index in [9.17, 15) is 4.79 Å². The van der Waals surface area contributed by atoms with Crippen molar-refractivity contribution in [3.8, 4) is 5.75 Å². The second-order valence-electron chi connectivity index (χ2n) is 8.39. The van der Waals surface area contributed by atoms with Crippen molar-refractivity contribution in [2.45, 2.75) is 57.3 Å². The molecule has 0 radical (unpaired) electrons. The summed E-state index contributed by atoms with van der Waals surface area (Å²) >= 11 is 0. The molecular weight excluding hydrogens is 384 g/mol. The summed E-state index contributed by atoms with van der Waals surface area (Å²) in [5.41, 5.74) is 3.24. The van der Waals surface area contributed by atoms with E-state index >= 15 is 0 Å². The Hall–Kier alpha value is -2.04. The topological polar surface area (TPSA) is 32.8 Å². The molecule has 3 aliphatic rings. The monoisotopic (exact) mass is 412 g/mol. The standard InChI is InChI=1S/C24H28N2O2.ClH/c27-24(26-16-19-4-1-2-5-20(19)17-26)18-8-10-22(11-9-18)28-23-12-14-25(15-13-23)21-6-3-7-21;/h1-2,4-5,8-11,21,23H,3,6-7,12-17H2;1H. The first-order valence-corrected chi connectivity index (χ1v) is 10.6. The average Bonchev–Trinajstić information content (AvgIpc) is 3.12. The Labute approximate surface area is 179 Å². The number of amides is 1. The van der Waals surface area contributed by atoms with Crippen LogP contribution >= 0.6 is 12.4 Å². The number of rotatable bonds is 4. The van der Waals surface area contributed by atoms with Gasteiger partial charge in [0.15, 0.2) is 0 Å². The number of benzene rings is 2. The van der Waals surface area contributed by atoms with E-state index in [0.717, 1.165) is 43.3 Å². The highest BCUT2D eigenvalue weighted by Crippen LogP contribution is 2.29. The molecule has 4 nitrogen and oxygen atoms in total. The van der Waals surface area contributed by atoms with Gasteiger partial charge in [0, 0.05) is 37.8 Å². The van der Waals surface area contributed by atoms with E-state index in [-0.39, 0.29) is 18.3 Å². The molecule has 1 saturated heterocycles. The van der Waals surface area contributed by atoms with Crippen molar-refractivity contribution in [1.82, 2.24) is 9.80 Å². The Bertz CT molecular complexity index is 817. The molecule has 29 heavy (non-hydrogen) atoms. The van der Waals surface area contributed by atoms with Crippen LogP contribution in [0.25, 0.3) is 0 Å². The molecule has 0 unspecified atom stereocenters. The van der Waals surface area contributed by atoms with E-state index in [4.69, 9.17) is 4.74 Å². The molecule has 1 aliphatic carbocycles. The summed E-state index contributed by atoms with van der Waals surface area (Å²) in [6.07, 6.45) is 6.65. The smallest absolute Gasteiger partial charge is 0.254 e. The van der Waals surface area contributed by atoms with Crippen molar-refractivity contribution in [3.05, 3.63) is 65.2 Å². The molecule has 5 rings (SSSR count). The SMILES string of the molecule is Cl.O=C(c1ccc(OC2CCN(C3CCC3)CC2)cc1)N1Cc2ccccc2C1. The zero-order valence-corrected chi connectivity index (χ0v) is 17.6. The summed E-state index contributed by atoms with van der Waals surface area (Å²) < 4.78 is 6.19. The first-order chi connectivity index (χ1) is 13.8. The van der Waals surface area contributed by atoms with Gasteiger partial charge in [-0.05, 0) is 61.1 Å². The van der Waals surface area contributed by atoms with E-state index in [2.05, 4.69) is 17.0 Å². The van der Waals surface area contributed by atoms with Gasteiger partial charge in [0.1, 0.15) is 11.9 Å². The molecule has 1 saturated carbocycles. The summed E-state index contributed by atoms with van der Waals surface area (Å²) in [6.45, 7) is 3.71. The van der Waals surface area contributed by atoms with Gasteiger partial charge in [-0.3, -0.25) is 4.79 Å². The van der Waals surface area contributed by atoms with Crippen molar-refractivity contribution in [2.75, 3.05) is 13.1 Å². The lowest BCUT2D eigenvalue weighted by Crippen LogP contribution is -2.46. The van der Waals surface area contributed by atoms with Crippen molar-refractivity contribution >= 4 is 18.3 Å². The average molecular weight is 413 g/mol. The highest BCUT2D eigenvalue weighted by molar-refractivity contribution is 5.94. The predicted molar refractivity (Wildman–Crippen MR) is 117 cm³/mol. The lowest BCUT2D eigenvalue weighted by Gasteiger charge is -2.41. The van der Waals surface area contributed by atoms with Crippen LogP contribution in [-0.4, -0.2) is 40.9 Å². The first kappa shape index (κ1) is 20.2. The molecule has 2 fully saturated rings. The number of halogens is 1. The second kappa shape index (κ2) is 8.76. The molecule has 0 spiro atoms. The fourth-order valence-corrected chi connectivity index (χ4v) is 4.64. The molecule has 0 aromatic heterocycles. The molecule has 0 atom stereocenters. The van der Waals surface area contributed by atoms with Crippen LogP contribution in [0.3, 0.4) is 0 Å². The number of carbonyl (C=O) groups is 1. The molecule has 0 bridgehead atoms. The lowest BCUT2D eigenvalue weighted by atomic mass is 9.90. The van der Waals surface area contributed by atoms with E-state index in [1.807, 2.05) is 41.3 Å². The fraction of sp³-hybridized carbons (Fsp3) is 0.458. The van der Waals surface area contributed by atoms with Crippen LogP contribution < -0.4 is 4.74 Å². The fourth-order valence-electron chi connectivity index (χ4n) is 4.64. The summed E-state index contributed by atoms with van der Waals surface area (Å²) in [4.78, 5) is 17.4. The number of ether oxygens (including phenoxy) is 1. The van der Waals surface area contributed by atoms with Gasteiger partial charge >= 0.3 is 0 Å². The largest absolute Gasteiger partial charge is 0.490 e. The van der Waals surface area contributed by atoms with Gasteiger partial charge < -0.3 is 14.5 Å². The Morgan fingerprint density at radius 1 is 0.862 bits per heavy atom. The number of nitrogens with zero attached hydrogens (tertiary/aromatic N) is 2. The van der Waals surface area contributed by atoms with Gasteiger partial charge in [-0.2, -0.15) is 0 Å².